The van der Waals surface area contributed by atoms with E-state index in [0.29, 0.717) is 0 Å². The van der Waals surface area contributed by atoms with Gasteiger partial charge in [0.15, 0.2) is 0 Å². The molecule has 0 radical (unpaired) electrons. The van der Waals surface area contributed by atoms with Crippen LogP contribution in [-0.2, 0) is 0 Å². The van der Waals surface area contributed by atoms with Crippen LogP contribution >= 0.6 is 0 Å². The van der Waals surface area contributed by atoms with Crippen molar-refractivity contribution in [3.8, 4) is 0 Å². The van der Waals surface area contributed by atoms with Gasteiger partial charge >= 0.3 is 0 Å². The van der Waals surface area contributed by atoms with Crippen LogP contribution in [0, 0.1) is 0 Å². The van der Waals surface area contributed by atoms with Crippen LogP contribution in [0.4, 0.5) is 0 Å². The van der Waals surface area contributed by atoms with Crippen molar-refractivity contribution >= 4 is 0 Å². The van der Waals surface area contributed by atoms with Gasteiger partial charge in [0.25, 0.3) is 0 Å². The molecule has 1 saturated heterocycles. The number of likely N-dealkylation sites (tertiary alicyclic amines) is 1. The van der Waals surface area contributed by atoms with Crippen molar-refractivity contribution in [2.24, 2.45) is 0 Å². The first kappa shape index (κ1) is 13.9. The average molecular weight is 227 g/mol. The Balaban J connectivity index is 2.10. The van der Waals surface area contributed by atoms with Crippen molar-refractivity contribution < 1.29 is 0 Å². The highest BCUT2D eigenvalue weighted by Crippen LogP contribution is 2.17. The molecule has 0 bridgehead atoms. The van der Waals surface area contributed by atoms with Crippen molar-refractivity contribution in [2.45, 2.75) is 38.6 Å². The van der Waals surface area contributed by atoms with Crippen LogP contribution in [-0.4, -0.2) is 62.7 Å². The van der Waals surface area contributed by atoms with E-state index >= 15 is 0 Å². The molecule has 1 aliphatic rings. The lowest BCUT2D eigenvalue weighted by molar-refractivity contribution is 0.205. The van der Waals surface area contributed by atoms with Gasteiger partial charge in [-0.3, -0.25) is 4.90 Å². The minimum absolute atomic E-state index is 0.814. The van der Waals surface area contributed by atoms with Gasteiger partial charge in [-0.25, -0.2) is 0 Å². The summed E-state index contributed by atoms with van der Waals surface area (Å²) in [6, 6.07) is 0.814. The first-order chi connectivity index (χ1) is 7.74. The molecular weight excluding hydrogens is 198 g/mol. The molecule has 0 spiro atoms. The van der Waals surface area contributed by atoms with Gasteiger partial charge in [0.05, 0.1) is 0 Å². The van der Waals surface area contributed by atoms with Crippen LogP contribution in [0.5, 0.6) is 0 Å². The Hall–Kier alpha value is -0.120. The fourth-order valence-corrected chi connectivity index (χ4v) is 2.56. The topological polar surface area (TPSA) is 18.5 Å². The Morgan fingerprint density at radius 3 is 2.81 bits per heavy atom. The van der Waals surface area contributed by atoms with Crippen molar-refractivity contribution in [1.29, 1.82) is 0 Å². The Labute approximate surface area is 101 Å². The van der Waals surface area contributed by atoms with Gasteiger partial charge in [-0.2, -0.15) is 0 Å². The molecule has 1 atom stereocenters. The highest BCUT2D eigenvalue weighted by molar-refractivity contribution is 4.80. The quantitative estimate of drug-likeness (QED) is 0.632. The third-order valence-corrected chi connectivity index (χ3v) is 3.37. The summed E-state index contributed by atoms with van der Waals surface area (Å²) in [5, 5.41) is 3.39. The van der Waals surface area contributed by atoms with E-state index in [2.05, 4.69) is 36.1 Å². The van der Waals surface area contributed by atoms with Gasteiger partial charge in [-0.05, 0) is 66.0 Å². The third-order valence-electron chi connectivity index (χ3n) is 3.37. The summed E-state index contributed by atoms with van der Waals surface area (Å²) in [6.07, 6.45) is 5.45. The van der Waals surface area contributed by atoms with Gasteiger partial charge in [-0.15, -0.1) is 0 Å². The Kier molecular flexibility index (Phi) is 7.01. The van der Waals surface area contributed by atoms with Gasteiger partial charge in [0.2, 0.25) is 0 Å². The number of nitrogens with zero attached hydrogens (tertiary/aromatic N) is 2. The lowest BCUT2D eigenvalue weighted by atomic mass is 10.2. The van der Waals surface area contributed by atoms with E-state index in [1.165, 1.54) is 51.9 Å². The predicted molar refractivity (Wildman–Crippen MR) is 70.9 cm³/mol. The van der Waals surface area contributed by atoms with Crippen molar-refractivity contribution in [1.82, 2.24) is 15.1 Å². The van der Waals surface area contributed by atoms with Crippen LogP contribution in [0.15, 0.2) is 0 Å². The maximum atomic E-state index is 3.39. The number of unbranched alkanes of at least 4 members (excludes halogenated alkanes) is 1. The molecule has 1 unspecified atom stereocenters. The van der Waals surface area contributed by atoms with Crippen LogP contribution in [0.25, 0.3) is 0 Å². The SMILES string of the molecule is CCNCCCCN1CCCC1CN(C)C. The first-order valence-electron chi connectivity index (χ1n) is 6.83. The molecule has 0 amide bonds. The highest BCUT2D eigenvalue weighted by Gasteiger charge is 2.23. The van der Waals surface area contributed by atoms with Crippen molar-refractivity contribution in [2.75, 3.05) is 46.8 Å². The molecule has 1 heterocycles. The van der Waals surface area contributed by atoms with Gasteiger partial charge < -0.3 is 10.2 Å². The maximum absolute atomic E-state index is 3.39. The second-order valence-corrected chi connectivity index (χ2v) is 5.15. The van der Waals surface area contributed by atoms with E-state index in [4.69, 9.17) is 0 Å². The highest BCUT2D eigenvalue weighted by atomic mass is 15.2. The van der Waals surface area contributed by atoms with E-state index in [0.717, 1.165) is 12.6 Å². The summed E-state index contributed by atoms with van der Waals surface area (Å²) in [7, 11) is 4.36. The van der Waals surface area contributed by atoms with Crippen molar-refractivity contribution in [3.63, 3.8) is 0 Å². The number of hydrogen-bond acceptors (Lipinski definition) is 3. The molecule has 0 aromatic rings. The van der Waals surface area contributed by atoms with Gasteiger partial charge in [0.1, 0.15) is 0 Å². The monoisotopic (exact) mass is 227 g/mol. The number of nitrogens with one attached hydrogen (secondary N) is 1. The molecule has 0 aromatic heterocycles. The molecule has 16 heavy (non-hydrogen) atoms. The van der Waals surface area contributed by atoms with Crippen LogP contribution in [0.1, 0.15) is 32.6 Å². The van der Waals surface area contributed by atoms with E-state index < -0.39 is 0 Å². The second kappa shape index (κ2) is 8.04. The Bertz CT molecular complexity index is 171. The molecule has 1 fully saturated rings. The summed E-state index contributed by atoms with van der Waals surface area (Å²) in [6.45, 7) is 8.31. The van der Waals surface area contributed by atoms with Crippen molar-refractivity contribution in [3.05, 3.63) is 0 Å². The molecular formula is C13H29N3. The lowest BCUT2D eigenvalue weighted by Gasteiger charge is -2.26. The molecule has 1 N–H and O–H groups in total. The zero-order valence-electron chi connectivity index (χ0n) is 11.3. The number of rotatable bonds is 8. The normalized spacial score (nSPS) is 22.1. The van der Waals surface area contributed by atoms with E-state index in [1.807, 2.05) is 0 Å². The fourth-order valence-electron chi connectivity index (χ4n) is 2.56. The first-order valence-corrected chi connectivity index (χ1v) is 6.83. The standard InChI is InChI=1S/C13H29N3/c1-4-14-9-5-6-10-16-11-7-8-13(16)12-15(2)3/h13-14H,4-12H2,1-3H3. The fraction of sp³-hybridized carbons (Fsp3) is 1.00. The minimum Gasteiger partial charge on any atom is -0.317 e. The Morgan fingerprint density at radius 2 is 2.12 bits per heavy atom. The van der Waals surface area contributed by atoms with E-state index in [1.54, 1.807) is 0 Å². The van der Waals surface area contributed by atoms with Gasteiger partial charge in [-0.1, -0.05) is 6.92 Å². The summed E-state index contributed by atoms with van der Waals surface area (Å²) < 4.78 is 0. The molecule has 1 rings (SSSR count). The van der Waals surface area contributed by atoms with Crippen LogP contribution in [0.3, 0.4) is 0 Å². The van der Waals surface area contributed by atoms with Crippen LogP contribution in [0.2, 0.25) is 0 Å². The van der Waals surface area contributed by atoms with Crippen LogP contribution < -0.4 is 5.32 Å². The summed E-state index contributed by atoms with van der Waals surface area (Å²) in [4.78, 5) is 5.01. The van der Waals surface area contributed by atoms with Gasteiger partial charge in [0, 0.05) is 12.6 Å². The minimum atomic E-state index is 0.814. The molecule has 96 valence electrons. The zero-order chi connectivity index (χ0) is 11.8. The summed E-state index contributed by atoms with van der Waals surface area (Å²) in [5.74, 6) is 0. The molecule has 3 nitrogen and oxygen atoms in total. The molecule has 0 aliphatic carbocycles. The predicted octanol–water partition coefficient (Wildman–Crippen LogP) is 1.40. The second-order valence-electron chi connectivity index (χ2n) is 5.15. The molecule has 3 heteroatoms. The summed E-state index contributed by atoms with van der Waals surface area (Å²) >= 11 is 0. The average Bonchev–Trinajstić information content (AvgIpc) is 2.64. The molecule has 1 aliphatic heterocycles. The zero-order valence-corrected chi connectivity index (χ0v) is 11.3. The van der Waals surface area contributed by atoms with E-state index in [9.17, 15) is 0 Å². The number of likely N-dealkylation sites (N-methyl/N-ethyl adjacent to an activating group) is 1. The molecule has 0 aromatic carbocycles. The number of hydrogen-bond donors (Lipinski definition) is 1. The van der Waals surface area contributed by atoms with E-state index in [-0.39, 0.29) is 0 Å². The smallest absolute Gasteiger partial charge is 0.0223 e. The molecule has 0 saturated carbocycles. The summed E-state index contributed by atoms with van der Waals surface area (Å²) in [5.41, 5.74) is 0. The third kappa shape index (κ3) is 5.28. The largest absolute Gasteiger partial charge is 0.317 e. The maximum Gasteiger partial charge on any atom is 0.0223 e. The lowest BCUT2D eigenvalue weighted by Crippen LogP contribution is -2.38. The Morgan fingerprint density at radius 1 is 1.31 bits per heavy atom.